The van der Waals surface area contributed by atoms with Crippen LogP contribution in [0.2, 0.25) is 0 Å². The third-order valence-electron chi connectivity index (χ3n) is 2.23. The Labute approximate surface area is 104 Å². The second kappa shape index (κ2) is 4.88. The van der Waals surface area contributed by atoms with Gasteiger partial charge in [-0.3, -0.25) is 10.1 Å². The Hall–Kier alpha value is -1.01. The largest absolute Gasteiger partial charge is 0.453 e. The highest BCUT2D eigenvalue weighted by molar-refractivity contribution is 9.10. The van der Waals surface area contributed by atoms with E-state index in [1.165, 1.54) is 0 Å². The lowest BCUT2D eigenvalue weighted by Crippen LogP contribution is -2.10. The summed E-state index contributed by atoms with van der Waals surface area (Å²) >= 11 is 3.21. The quantitative estimate of drug-likeness (QED) is 0.527. The van der Waals surface area contributed by atoms with Gasteiger partial charge in [-0.1, -0.05) is 12.2 Å². The zero-order chi connectivity index (χ0) is 11.5. The molecule has 1 aromatic rings. The summed E-state index contributed by atoms with van der Waals surface area (Å²) in [5.74, 6) is 0.672. The van der Waals surface area contributed by atoms with Crippen molar-refractivity contribution in [2.24, 2.45) is 0 Å². The molecule has 0 saturated heterocycles. The smallest absolute Gasteiger partial charge is 0.221 e. The number of nitrogens with zero attached hydrogens (tertiary/aromatic N) is 1. The Kier molecular flexibility index (Phi) is 3.50. The molecule has 1 unspecified atom stereocenters. The second-order valence-electron chi connectivity index (χ2n) is 3.30. The van der Waals surface area contributed by atoms with Crippen LogP contribution in [0.1, 0.15) is 11.0 Å². The van der Waals surface area contributed by atoms with Crippen LogP contribution in [0.5, 0.6) is 0 Å². The molecule has 0 saturated carbocycles. The Bertz CT molecular complexity index is 443. The van der Waals surface area contributed by atoms with Gasteiger partial charge in [0.15, 0.2) is 4.67 Å². The van der Waals surface area contributed by atoms with Gasteiger partial charge in [0.25, 0.3) is 0 Å². The molecule has 1 aromatic heterocycles. The molecule has 0 aromatic carbocycles. The van der Waals surface area contributed by atoms with Crippen LogP contribution in [0, 0.1) is 10.1 Å². The minimum Gasteiger partial charge on any atom is -0.453 e. The van der Waals surface area contributed by atoms with Crippen molar-refractivity contribution in [3.63, 3.8) is 0 Å². The Morgan fingerprint density at radius 1 is 1.44 bits per heavy atom. The molecule has 0 amide bonds. The molecule has 0 spiro atoms. The average molecular weight is 304 g/mol. The monoisotopic (exact) mass is 303 g/mol. The Balaban J connectivity index is 2.23. The molecule has 0 aliphatic carbocycles. The van der Waals surface area contributed by atoms with Crippen molar-refractivity contribution in [3.8, 4) is 0 Å². The maximum atomic E-state index is 10.7. The fraction of sp³-hybridized carbons (Fsp3) is 0.200. The fourth-order valence-electron chi connectivity index (χ4n) is 1.54. The molecule has 86 valence electrons. The minimum absolute atomic E-state index is 0.0969. The van der Waals surface area contributed by atoms with Gasteiger partial charge in [-0.2, -0.15) is 10.9 Å². The first-order valence-electron chi connectivity index (χ1n) is 4.66. The molecule has 0 fully saturated rings. The lowest BCUT2D eigenvalue weighted by Gasteiger charge is -2.18. The number of thiol groups is 1. The van der Waals surface area contributed by atoms with Crippen LogP contribution >= 0.6 is 26.8 Å². The number of halogens is 1. The minimum atomic E-state index is -0.621. The molecule has 0 radical (unpaired) electrons. The first-order valence-corrected chi connectivity index (χ1v) is 7.00. The van der Waals surface area contributed by atoms with E-state index in [2.05, 4.69) is 15.9 Å². The van der Waals surface area contributed by atoms with Crippen molar-refractivity contribution in [3.05, 3.63) is 55.6 Å². The number of furan rings is 1. The molecule has 2 rings (SSSR count). The molecular formula is C10H10BrNO3S. The van der Waals surface area contributed by atoms with E-state index in [1.54, 1.807) is 12.1 Å². The van der Waals surface area contributed by atoms with E-state index in [9.17, 15) is 10.1 Å². The second-order valence-corrected chi connectivity index (χ2v) is 6.20. The highest BCUT2D eigenvalue weighted by Gasteiger charge is 2.26. The molecule has 0 bridgehead atoms. The van der Waals surface area contributed by atoms with E-state index in [-0.39, 0.29) is 16.7 Å². The molecule has 1 aliphatic heterocycles. The average Bonchev–Trinajstić information content (AvgIpc) is 2.84. The van der Waals surface area contributed by atoms with E-state index in [1.807, 2.05) is 23.0 Å². The zero-order valence-electron chi connectivity index (χ0n) is 8.25. The summed E-state index contributed by atoms with van der Waals surface area (Å²) in [6, 6.07) is 3.56. The maximum Gasteiger partial charge on any atom is 0.221 e. The van der Waals surface area contributed by atoms with Crippen molar-refractivity contribution >= 4 is 26.8 Å². The summed E-state index contributed by atoms with van der Waals surface area (Å²) in [5, 5.41) is 14.5. The van der Waals surface area contributed by atoms with Gasteiger partial charge in [0.05, 0.1) is 0 Å². The number of rotatable bonds is 4. The van der Waals surface area contributed by atoms with E-state index in [0.717, 1.165) is 0 Å². The topological polar surface area (TPSA) is 56.3 Å². The molecule has 0 N–H and O–H groups in total. The summed E-state index contributed by atoms with van der Waals surface area (Å²) in [4.78, 5) is 10.4. The van der Waals surface area contributed by atoms with E-state index < -0.39 is 10.9 Å². The van der Waals surface area contributed by atoms with E-state index in [0.29, 0.717) is 10.4 Å². The number of nitro groups is 1. The molecule has 1 atom stereocenters. The highest BCUT2D eigenvalue weighted by Crippen LogP contribution is 2.48. The van der Waals surface area contributed by atoms with Crippen LogP contribution in [-0.4, -0.2) is 11.5 Å². The zero-order valence-corrected chi connectivity index (χ0v) is 10.7. The molecule has 4 nitrogen and oxygen atoms in total. The van der Waals surface area contributed by atoms with Gasteiger partial charge >= 0.3 is 0 Å². The van der Waals surface area contributed by atoms with Crippen LogP contribution in [0.3, 0.4) is 0 Å². The summed E-state index contributed by atoms with van der Waals surface area (Å²) in [7, 11) is -0.621. The van der Waals surface area contributed by atoms with Crippen molar-refractivity contribution < 1.29 is 9.34 Å². The van der Waals surface area contributed by atoms with Gasteiger partial charge in [-0.05, 0) is 38.9 Å². The standard InChI is InChI=1S/C10H10BrNO3S/c11-10-4-3-8(15-10)9(7-12(13)14)16-5-1-2-6-16/h1-6,9,16H,7H2. The summed E-state index contributed by atoms with van der Waals surface area (Å²) in [6.07, 6.45) is 3.85. The first-order chi connectivity index (χ1) is 7.66. The third-order valence-corrected chi connectivity index (χ3v) is 4.83. The molecular weight excluding hydrogens is 294 g/mol. The van der Waals surface area contributed by atoms with Crippen molar-refractivity contribution in [2.45, 2.75) is 5.25 Å². The third kappa shape index (κ3) is 2.56. The number of hydrogen-bond acceptors (Lipinski definition) is 3. The van der Waals surface area contributed by atoms with Crippen molar-refractivity contribution in [2.75, 3.05) is 6.54 Å². The lowest BCUT2D eigenvalue weighted by atomic mass is 10.3. The predicted molar refractivity (Wildman–Crippen MR) is 68.3 cm³/mol. The summed E-state index contributed by atoms with van der Waals surface area (Å²) in [6.45, 7) is -0.0969. The summed E-state index contributed by atoms with van der Waals surface area (Å²) < 4.78 is 6.03. The maximum absolute atomic E-state index is 10.7. The highest BCUT2D eigenvalue weighted by atomic mass is 79.9. The van der Waals surface area contributed by atoms with Gasteiger partial charge in [-0.15, -0.1) is 0 Å². The molecule has 2 heterocycles. The van der Waals surface area contributed by atoms with Crippen LogP contribution in [0.4, 0.5) is 0 Å². The van der Waals surface area contributed by atoms with Gasteiger partial charge in [0, 0.05) is 4.92 Å². The van der Waals surface area contributed by atoms with Gasteiger partial charge in [-0.25, -0.2) is 0 Å². The predicted octanol–water partition coefficient (Wildman–Crippen LogP) is 3.40. The van der Waals surface area contributed by atoms with Gasteiger partial charge in [0.2, 0.25) is 6.54 Å². The SMILES string of the molecule is O=[N+]([O-])CC(c1ccc(Br)o1)[SH]1C=CC=C1. The number of allylic oxidation sites excluding steroid dienone is 2. The van der Waals surface area contributed by atoms with Crippen molar-refractivity contribution in [1.82, 2.24) is 0 Å². The Morgan fingerprint density at radius 2 is 2.12 bits per heavy atom. The summed E-state index contributed by atoms with van der Waals surface area (Å²) in [5.41, 5.74) is 0. The fourth-order valence-corrected chi connectivity index (χ4v) is 3.72. The molecule has 16 heavy (non-hydrogen) atoms. The van der Waals surface area contributed by atoms with Crippen LogP contribution in [-0.2, 0) is 0 Å². The van der Waals surface area contributed by atoms with E-state index in [4.69, 9.17) is 4.42 Å². The van der Waals surface area contributed by atoms with Crippen LogP contribution in [0.15, 0.2) is 44.2 Å². The van der Waals surface area contributed by atoms with Crippen molar-refractivity contribution in [1.29, 1.82) is 0 Å². The van der Waals surface area contributed by atoms with Crippen LogP contribution in [0.25, 0.3) is 0 Å². The van der Waals surface area contributed by atoms with Crippen LogP contribution < -0.4 is 0 Å². The van der Waals surface area contributed by atoms with Gasteiger partial charge < -0.3 is 4.42 Å². The van der Waals surface area contributed by atoms with Gasteiger partial charge in [0.1, 0.15) is 11.0 Å². The Morgan fingerprint density at radius 3 is 2.62 bits per heavy atom. The molecule has 6 heteroatoms. The van der Waals surface area contributed by atoms with E-state index >= 15 is 0 Å². The normalized spacial score (nSPS) is 17.9. The number of hydrogen-bond donors (Lipinski definition) is 1. The molecule has 1 aliphatic rings. The lowest BCUT2D eigenvalue weighted by molar-refractivity contribution is -0.480. The first kappa shape index (κ1) is 11.5.